The van der Waals surface area contributed by atoms with E-state index in [0.717, 1.165) is 17.0 Å². The standard InChI is InChI=1S/C23H25N3O4/c1-28-14-15-30-23-17(6-5-13-24-23)16-25-22(27)20-7-3-4-8-21(20)26-18-9-11-19(29-2)12-10-18/h3-13,26H,14-16H2,1-2H3,(H,25,27). The normalized spacial score (nSPS) is 10.3. The first kappa shape index (κ1) is 21.1. The van der Waals surface area contributed by atoms with Crippen LogP contribution in [0.3, 0.4) is 0 Å². The molecule has 0 aliphatic heterocycles. The van der Waals surface area contributed by atoms with Crippen LogP contribution in [0.2, 0.25) is 0 Å². The Hall–Kier alpha value is -3.58. The Labute approximate surface area is 176 Å². The monoisotopic (exact) mass is 407 g/mol. The lowest BCUT2D eigenvalue weighted by molar-refractivity contribution is 0.0951. The summed E-state index contributed by atoms with van der Waals surface area (Å²) in [6.45, 7) is 1.15. The van der Waals surface area contributed by atoms with Crippen LogP contribution in [-0.2, 0) is 11.3 Å². The van der Waals surface area contributed by atoms with Crippen LogP contribution in [0.15, 0.2) is 66.9 Å². The van der Waals surface area contributed by atoms with Crippen molar-refractivity contribution < 1.29 is 19.0 Å². The SMILES string of the molecule is COCCOc1ncccc1CNC(=O)c1ccccc1Nc1ccc(OC)cc1. The molecular formula is C23H25N3O4. The van der Waals surface area contributed by atoms with Gasteiger partial charge in [0.25, 0.3) is 5.91 Å². The zero-order chi connectivity index (χ0) is 21.2. The van der Waals surface area contributed by atoms with E-state index in [-0.39, 0.29) is 5.91 Å². The second-order valence-corrected chi connectivity index (χ2v) is 6.39. The Kier molecular flexibility index (Phi) is 7.63. The zero-order valence-corrected chi connectivity index (χ0v) is 17.1. The van der Waals surface area contributed by atoms with Gasteiger partial charge in [0.05, 0.1) is 25.0 Å². The van der Waals surface area contributed by atoms with E-state index in [1.165, 1.54) is 0 Å². The summed E-state index contributed by atoms with van der Waals surface area (Å²) in [5.41, 5.74) is 2.90. The van der Waals surface area contributed by atoms with E-state index in [9.17, 15) is 4.79 Å². The fourth-order valence-corrected chi connectivity index (χ4v) is 2.80. The van der Waals surface area contributed by atoms with Gasteiger partial charge in [0.1, 0.15) is 12.4 Å². The first-order valence-electron chi connectivity index (χ1n) is 9.55. The molecule has 7 nitrogen and oxygen atoms in total. The lowest BCUT2D eigenvalue weighted by Crippen LogP contribution is -2.24. The summed E-state index contributed by atoms with van der Waals surface area (Å²) in [4.78, 5) is 17.1. The number of carbonyl (C=O) groups excluding carboxylic acids is 1. The highest BCUT2D eigenvalue weighted by atomic mass is 16.5. The van der Waals surface area contributed by atoms with Crippen LogP contribution in [0.25, 0.3) is 0 Å². The summed E-state index contributed by atoms with van der Waals surface area (Å²) < 4.78 is 15.8. The van der Waals surface area contributed by atoms with Crippen LogP contribution in [0.1, 0.15) is 15.9 Å². The van der Waals surface area contributed by atoms with Crippen molar-refractivity contribution in [1.82, 2.24) is 10.3 Å². The Balaban J connectivity index is 1.68. The number of pyridine rings is 1. The summed E-state index contributed by atoms with van der Waals surface area (Å²) in [5.74, 6) is 1.06. The van der Waals surface area contributed by atoms with E-state index in [1.54, 1.807) is 26.5 Å². The molecule has 30 heavy (non-hydrogen) atoms. The third kappa shape index (κ3) is 5.71. The average Bonchev–Trinajstić information content (AvgIpc) is 2.79. The number of ether oxygens (including phenoxy) is 3. The third-order valence-electron chi connectivity index (χ3n) is 4.36. The molecule has 7 heteroatoms. The first-order valence-corrected chi connectivity index (χ1v) is 9.55. The van der Waals surface area contributed by atoms with Gasteiger partial charge in [0, 0.05) is 31.1 Å². The molecule has 0 fully saturated rings. The third-order valence-corrected chi connectivity index (χ3v) is 4.36. The van der Waals surface area contributed by atoms with Crippen LogP contribution in [0, 0.1) is 0 Å². The molecule has 3 rings (SSSR count). The van der Waals surface area contributed by atoms with E-state index in [0.29, 0.717) is 36.9 Å². The molecule has 0 spiro atoms. The van der Waals surface area contributed by atoms with Crippen molar-refractivity contribution in [3.8, 4) is 11.6 Å². The van der Waals surface area contributed by atoms with Crippen LogP contribution in [-0.4, -0.2) is 38.3 Å². The number of rotatable bonds is 10. The highest BCUT2D eigenvalue weighted by Gasteiger charge is 2.13. The lowest BCUT2D eigenvalue weighted by atomic mass is 10.1. The van der Waals surface area contributed by atoms with Gasteiger partial charge in [-0.15, -0.1) is 0 Å². The molecule has 0 saturated heterocycles. The number of nitrogens with one attached hydrogen (secondary N) is 2. The molecule has 1 aromatic heterocycles. The Bertz CT molecular complexity index is 961. The molecule has 156 valence electrons. The first-order chi connectivity index (χ1) is 14.7. The maximum absolute atomic E-state index is 12.8. The molecule has 0 aliphatic carbocycles. The molecular weight excluding hydrogens is 382 g/mol. The van der Waals surface area contributed by atoms with Crippen LogP contribution in [0.5, 0.6) is 11.6 Å². The number of aromatic nitrogens is 1. The number of anilines is 2. The van der Waals surface area contributed by atoms with Gasteiger partial charge in [-0.25, -0.2) is 4.98 Å². The molecule has 0 saturated carbocycles. The number of nitrogens with zero attached hydrogens (tertiary/aromatic N) is 1. The maximum Gasteiger partial charge on any atom is 0.253 e. The topological polar surface area (TPSA) is 81.7 Å². The molecule has 2 aromatic carbocycles. The van der Waals surface area contributed by atoms with Gasteiger partial charge in [-0.3, -0.25) is 4.79 Å². The number of carbonyl (C=O) groups is 1. The molecule has 1 amide bonds. The Morgan fingerprint density at radius 3 is 2.53 bits per heavy atom. The number of para-hydroxylation sites is 1. The Morgan fingerprint density at radius 2 is 1.77 bits per heavy atom. The predicted octanol–water partition coefficient (Wildman–Crippen LogP) is 3.79. The van der Waals surface area contributed by atoms with Gasteiger partial charge >= 0.3 is 0 Å². The van der Waals surface area contributed by atoms with E-state index in [1.807, 2.05) is 54.6 Å². The van der Waals surface area contributed by atoms with E-state index in [2.05, 4.69) is 15.6 Å². The fourth-order valence-electron chi connectivity index (χ4n) is 2.80. The summed E-state index contributed by atoms with van der Waals surface area (Å²) in [6.07, 6.45) is 1.65. The van der Waals surface area contributed by atoms with E-state index >= 15 is 0 Å². The van der Waals surface area contributed by atoms with Gasteiger partial charge in [-0.2, -0.15) is 0 Å². The molecule has 2 N–H and O–H groups in total. The zero-order valence-electron chi connectivity index (χ0n) is 17.1. The molecule has 0 unspecified atom stereocenters. The molecule has 0 aliphatic rings. The average molecular weight is 407 g/mol. The maximum atomic E-state index is 12.8. The summed E-state index contributed by atoms with van der Waals surface area (Å²) >= 11 is 0. The second kappa shape index (κ2) is 10.8. The summed E-state index contributed by atoms with van der Waals surface area (Å²) in [5, 5.41) is 6.22. The van der Waals surface area contributed by atoms with Gasteiger partial charge in [-0.05, 0) is 42.5 Å². The van der Waals surface area contributed by atoms with Gasteiger partial charge < -0.3 is 24.8 Å². The number of hydrogen-bond donors (Lipinski definition) is 2. The van der Waals surface area contributed by atoms with Crippen molar-refractivity contribution in [3.05, 3.63) is 78.0 Å². The van der Waals surface area contributed by atoms with Crippen molar-refractivity contribution >= 4 is 17.3 Å². The quantitative estimate of drug-likeness (QED) is 0.498. The predicted molar refractivity (Wildman–Crippen MR) is 115 cm³/mol. The highest BCUT2D eigenvalue weighted by molar-refractivity contribution is 6.00. The van der Waals surface area contributed by atoms with E-state index < -0.39 is 0 Å². The van der Waals surface area contributed by atoms with Crippen molar-refractivity contribution in [2.75, 3.05) is 32.8 Å². The van der Waals surface area contributed by atoms with Crippen molar-refractivity contribution in [2.24, 2.45) is 0 Å². The van der Waals surface area contributed by atoms with Crippen molar-refractivity contribution in [2.45, 2.75) is 6.54 Å². The smallest absolute Gasteiger partial charge is 0.253 e. The lowest BCUT2D eigenvalue weighted by Gasteiger charge is -2.14. The highest BCUT2D eigenvalue weighted by Crippen LogP contribution is 2.23. The van der Waals surface area contributed by atoms with Crippen molar-refractivity contribution in [3.63, 3.8) is 0 Å². The molecule has 0 atom stereocenters. The van der Waals surface area contributed by atoms with Gasteiger partial charge in [0.15, 0.2) is 0 Å². The molecule has 0 bridgehead atoms. The number of benzene rings is 2. The minimum Gasteiger partial charge on any atom is -0.497 e. The van der Waals surface area contributed by atoms with Gasteiger partial charge in [0.2, 0.25) is 5.88 Å². The number of hydrogen-bond acceptors (Lipinski definition) is 6. The fraction of sp³-hybridized carbons (Fsp3) is 0.217. The molecule has 0 radical (unpaired) electrons. The number of amides is 1. The van der Waals surface area contributed by atoms with E-state index in [4.69, 9.17) is 14.2 Å². The van der Waals surface area contributed by atoms with Crippen molar-refractivity contribution in [1.29, 1.82) is 0 Å². The van der Waals surface area contributed by atoms with Crippen LogP contribution in [0.4, 0.5) is 11.4 Å². The minimum absolute atomic E-state index is 0.196. The minimum atomic E-state index is -0.196. The summed E-state index contributed by atoms with van der Waals surface area (Å²) in [7, 11) is 3.23. The molecule has 3 aromatic rings. The van der Waals surface area contributed by atoms with Crippen LogP contribution >= 0.6 is 0 Å². The summed E-state index contributed by atoms with van der Waals surface area (Å²) in [6, 6.07) is 18.5. The second-order valence-electron chi connectivity index (χ2n) is 6.39. The Morgan fingerprint density at radius 1 is 0.967 bits per heavy atom. The number of methoxy groups -OCH3 is 2. The van der Waals surface area contributed by atoms with Gasteiger partial charge in [-0.1, -0.05) is 18.2 Å². The molecule has 1 heterocycles. The largest absolute Gasteiger partial charge is 0.497 e. The van der Waals surface area contributed by atoms with Crippen LogP contribution < -0.4 is 20.1 Å².